The Morgan fingerprint density at radius 1 is 0.875 bits per heavy atom. The number of sulfonamides is 1. The number of anilines is 3. The standard InChI is InChI=1S/C21H15N5O5S/c27-21(28)13-8-10-14(11-9-13)22-19-20(24-18-7-2-1-6-17(18)23-19)26-32(30,31)16-5-3-4-15(12-16)25-29/h1-12H,(H,22,23)(H,24,26)(H,27,28). The number of para-hydroxylation sites is 2. The molecule has 0 atom stereocenters. The highest BCUT2D eigenvalue weighted by Crippen LogP contribution is 2.28. The zero-order valence-electron chi connectivity index (χ0n) is 16.3. The molecule has 0 saturated carbocycles. The molecule has 0 aliphatic rings. The number of nitrogens with one attached hydrogen (secondary N) is 2. The van der Waals surface area contributed by atoms with Gasteiger partial charge in [-0.05, 0) is 59.8 Å². The van der Waals surface area contributed by atoms with Gasteiger partial charge in [0.2, 0.25) is 0 Å². The van der Waals surface area contributed by atoms with Crippen LogP contribution < -0.4 is 10.0 Å². The molecule has 0 saturated heterocycles. The van der Waals surface area contributed by atoms with Crippen molar-refractivity contribution in [2.75, 3.05) is 10.0 Å². The van der Waals surface area contributed by atoms with E-state index in [1.807, 2.05) is 0 Å². The van der Waals surface area contributed by atoms with E-state index in [1.165, 1.54) is 42.5 Å². The van der Waals surface area contributed by atoms with Crippen molar-refractivity contribution in [1.82, 2.24) is 9.97 Å². The van der Waals surface area contributed by atoms with Gasteiger partial charge in [-0.2, -0.15) is 0 Å². The highest BCUT2D eigenvalue weighted by molar-refractivity contribution is 7.92. The first-order valence-corrected chi connectivity index (χ1v) is 10.7. The Morgan fingerprint density at radius 2 is 1.53 bits per heavy atom. The van der Waals surface area contributed by atoms with Gasteiger partial charge in [-0.1, -0.05) is 18.2 Å². The summed E-state index contributed by atoms with van der Waals surface area (Å²) >= 11 is 0. The lowest BCUT2D eigenvalue weighted by Crippen LogP contribution is -2.16. The van der Waals surface area contributed by atoms with E-state index in [-0.39, 0.29) is 27.8 Å². The summed E-state index contributed by atoms with van der Waals surface area (Å²) in [5, 5.41) is 14.8. The normalized spacial score (nSPS) is 11.1. The molecule has 0 amide bonds. The van der Waals surface area contributed by atoms with Crippen molar-refractivity contribution in [1.29, 1.82) is 0 Å². The number of rotatable bonds is 7. The van der Waals surface area contributed by atoms with E-state index in [0.717, 1.165) is 6.07 Å². The number of hydrogen-bond donors (Lipinski definition) is 3. The first-order valence-electron chi connectivity index (χ1n) is 9.19. The molecule has 10 nitrogen and oxygen atoms in total. The van der Waals surface area contributed by atoms with Crippen molar-refractivity contribution in [2.24, 2.45) is 5.18 Å². The molecule has 0 aliphatic carbocycles. The highest BCUT2D eigenvalue weighted by Gasteiger charge is 2.20. The van der Waals surface area contributed by atoms with Crippen LogP contribution >= 0.6 is 0 Å². The van der Waals surface area contributed by atoms with Crippen LogP contribution in [0.3, 0.4) is 0 Å². The Hall–Kier alpha value is -4.38. The fraction of sp³-hybridized carbons (Fsp3) is 0. The Morgan fingerprint density at radius 3 is 2.16 bits per heavy atom. The number of aromatic nitrogens is 2. The SMILES string of the molecule is O=Nc1cccc(S(=O)(=O)Nc2nc3ccccc3nc2Nc2ccc(C(=O)O)cc2)c1. The van der Waals surface area contributed by atoms with E-state index in [1.54, 1.807) is 24.3 Å². The van der Waals surface area contributed by atoms with Crippen molar-refractivity contribution in [3.8, 4) is 0 Å². The zero-order chi connectivity index (χ0) is 22.7. The minimum atomic E-state index is -4.12. The molecule has 0 radical (unpaired) electrons. The van der Waals surface area contributed by atoms with Crippen molar-refractivity contribution in [2.45, 2.75) is 4.90 Å². The van der Waals surface area contributed by atoms with Gasteiger partial charge in [-0.15, -0.1) is 4.91 Å². The van der Waals surface area contributed by atoms with Crippen LogP contribution in [0.2, 0.25) is 0 Å². The Kier molecular flexibility index (Phi) is 5.48. The topological polar surface area (TPSA) is 151 Å². The molecule has 3 aromatic carbocycles. The van der Waals surface area contributed by atoms with Gasteiger partial charge in [0, 0.05) is 5.69 Å². The van der Waals surface area contributed by atoms with E-state index < -0.39 is 16.0 Å². The van der Waals surface area contributed by atoms with E-state index in [2.05, 4.69) is 25.2 Å². The molecule has 32 heavy (non-hydrogen) atoms. The Balaban J connectivity index is 1.75. The molecule has 0 fully saturated rings. The lowest BCUT2D eigenvalue weighted by molar-refractivity contribution is 0.0697. The maximum atomic E-state index is 12.9. The summed E-state index contributed by atoms with van der Waals surface area (Å²) in [6, 6.07) is 18.0. The molecule has 4 rings (SSSR count). The van der Waals surface area contributed by atoms with Gasteiger partial charge in [0.15, 0.2) is 11.6 Å². The van der Waals surface area contributed by atoms with Crippen molar-refractivity contribution in [3.63, 3.8) is 0 Å². The maximum Gasteiger partial charge on any atom is 0.335 e. The smallest absolute Gasteiger partial charge is 0.335 e. The Labute approximate surface area is 182 Å². The van der Waals surface area contributed by atoms with Gasteiger partial charge < -0.3 is 10.4 Å². The fourth-order valence-electron chi connectivity index (χ4n) is 2.88. The molecule has 11 heteroatoms. The fourth-order valence-corrected chi connectivity index (χ4v) is 3.93. The highest BCUT2D eigenvalue weighted by atomic mass is 32.2. The number of fused-ring (bicyclic) bond motifs is 1. The quantitative estimate of drug-likeness (QED) is 0.354. The van der Waals surface area contributed by atoms with Crippen molar-refractivity contribution >= 4 is 50.0 Å². The molecule has 0 bridgehead atoms. The number of nitroso groups, excluding NO2 is 1. The minimum Gasteiger partial charge on any atom is -0.478 e. The number of benzene rings is 3. The van der Waals surface area contributed by atoms with Gasteiger partial charge in [-0.3, -0.25) is 4.72 Å². The third kappa shape index (κ3) is 4.37. The summed E-state index contributed by atoms with van der Waals surface area (Å²) in [5.74, 6) is -1.03. The van der Waals surface area contributed by atoms with Gasteiger partial charge in [0.1, 0.15) is 5.69 Å². The summed E-state index contributed by atoms with van der Waals surface area (Å²) in [4.78, 5) is 30.5. The largest absolute Gasteiger partial charge is 0.478 e. The Bertz CT molecular complexity index is 1440. The summed E-state index contributed by atoms with van der Waals surface area (Å²) in [6.07, 6.45) is 0. The molecule has 0 unspecified atom stereocenters. The lowest BCUT2D eigenvalue weighted by Gasteiger charge is -2.14. The van der Waals surface area contributed by atoms with Crippen LogP contribution in [-0.2, 0) is 10.0 Å². The van der Waals surface area contributed by atoms with Crippen LogP contribution in [0.4, 0.5) is 23.0 Å². The predicted molar refractivity (Wildman–Crippen MR) is 119 cm³/mol. The third-order valence-corrected chi connectivity index (χ3v) is 5.77. The summed E-state index contributed by atoms with van der Waals surface area (Å²) in [6.45, 7) is 0. The number of carboxylic acid groups (broad SMARTS) is 1. The number of aromatic carboxylic acids is 1. The number of carboxylic acids is 1. The number of nitrogens with zero attached hydrogens (tertiary/aromatic N) is 3. The minimum absolute atomic E-state index is 0.0330. The number of carbonyl (C=O) groups is 1. The lowest BCUT2D eigenvalue weighted by atomic mass is 10.2. The van der Waals surface area contributed by atoms with Crippen LogP contribution in [0, 0.1) is 4.91 Å². The van der Waals surface area contributed by atoms with Gasteiger partial charge in [0.25, 0.3) is 10.0 Å². The second-order valence-corrected chi connectivity index (χ2v) is 8.29. The van der Waals surface area contributed by atoms with Crippen molar-refractivity contribution < 1.29 is 18.3 Å². The van der Waals surface area contributed by atoms with E-state index >= 15 is 0 Å². The average Bonchev–Trinajstić information content (AvgIpc) is 2.79. The van der Waals surface area contributed by atoms with Crippen LogP contribution in [0.5, 0.6) is 0 Å². The molecule has 1 heterocycles. The average molecular weight is 449 g/mol. The van der Waals surface area contributed by atoms with Gasteiger partial charge >= 0.3 is 5.97 Å². The second kappa shape index (κ2) is 8.40. The zero-order valence-corrected chi connectivity index (χ0v) is 17.1. The van der Waals surface area contributed by atoms with E-state index in [9.17, 15) is 18.1 Å². The third-order valence-electron chi connectivity index (χ3n) is 4.43. The maximum absolute atomic E-state index is 12.9. The molecule has 4 aromatic rings. The molecule has 1 aromatic heterocycles. The number of hydrogen-bond acceptors (Lipinski definition) is 8. The van der Waals surface area contributed by atoms with Crippen LogP contribution in [0.15, 0.2) is 82.9 Å². The molecular weight excluding hydrogens is 434 g/mol. The summed E-state index contributed by atoms with van der Waals surface area (Å²) < 4.78 is 28.2. The predicted octanol–water partition coefficient (Wildman–Crippen LogP) is 4.27. The first kappa shape index (κ1) is 20.9. The second-order valence-electron chi connectivity index (χ2n) is 6.61. The van der Waals surface area contributed by atoms with Crippen LogP contribution in [0.25, 0.3) is 11.0 Å². The summed E-state index contributed by atoms with van der Waals surface area (Å²) in [5.41, 5.74) is 1.53. The molecule has 160 valence electrons. The molecule has 0 aliphatic heterocycles. The van der Waals surface area contributed by atoms with Crippen molar-refractivity contribution in [3.05, 3.63) is 83.3 Å². The first-order chi connectivity index (χ1) is 15.4. The van der Waals surface area contributed by atoms with Gasteiger partial charge in [0.05, 0.1) is 21.5 Å². The van der Waals surface area contributed by atoms with E-state index in [4.69, 9.17) is 5.11 Å². The molecule has 3 N–H and O–H groups in total. The van der Waals surface area contributed by atoms with Gasteiger partial charge in [-0.25, -0.2) is 23.2 Å². The summed E-state index contributed by atoms with van der Waals surface area (Å²) in [7, 11) is -4.12. The van der Waals surface area contributed by atoms with Crippen LogP contribution in [-0.4, -0.2) is 29.5 Å². The monoisotopic (exact) mass is 449 g/mol. The molecule has 0 spiro atoms. The van der Waals surface area contributed by atoms with E-state index in [0.29, 0.717) is 16.7 Å². The van der Waals surface area contributed by atoms with Crippen LogP contribution in [0.1, 0.15) is 10.4 Å². The molecular formula is C21H15N5O5S.